The summed E-state index contributed by atoms with van der Waals surface area (Å²) < 4.78 is 0. The van der Waals surface area contributed by atoms with Gasteiger partial charge in [-0.2, -0.15) is 0 Å². The minimum atomic E-state index is 0.0949. The molecule has 0 spiro atoms. The van der Waals surface area contributed by atoms with Crippen molar-refractivity contribution in [1.82, 2.24) is 0 Å². The van der Waals surface area contributed by atoms with Crippen molar-refractivity contribution in [3.8, 4) is 0 Å². The Morgan fingerprint density at radius 2 is 1.60 bits per heavy atom. The summed E-state index contributed by atoms with van der Waals surface area (Å²) in [6.45, 7) is 0. The first-order valence-corrected chi connectivity index (χ1v) is 4.36. The van der Waals surface area contributed by atoms with Crippen LogP contribution in [0.5, 0.6) is 0 Å². The van der Waals surface area contributed by atoms with Crippen LogP contribution in [0.2, 0.25) is 0 Å². The number of rotatable bonds is 0. The minimum absolute atomic E-state index is 0.0949. The van der Waals surface area contributed by atoms with Gasteiger partial charge < -0.3 is 0 Å². The van der Waals surface area contributed by atoms with Crippen molar-refractivity contribution in [2.45, 2.75) is 19.3 Å². The molecule has 54 valence electrons. The average molecular weight is 156 g/mol. The highest BCUT2D eigenvalue weighted by Gasteiger charge is 2.45. The lowest BCUT2D eigenvalue weighted by atomic mass is 10.00. The molecule has 2 atom stereocenters. The van der Waals surface area contributed by atoms with Crippen molar-refractivity contribution in [1.29, 1.82) is 0 Å². The predicted molar refractivity (Wildman–Crippen MR) is 38.4 cm³/mol. The first-order valence-electron chi connectivity index (χ1n) is 3.54. The molecule has 2 unspecified atom stereocenters. The monoisotopic (exact) mass is 156 g/mol. The molecule has 2 rings (SSSR count). The van der Waals surface area contributed by atoms with Crippen LogP contribution in [-0.4, -0.2) is 10.2 Å². The molecular formula is C7H8O2S. The molecule has 1 saturated carbocycles. The van der Waals surface area contributed by atoms with Gasteiger partial charge in [-0.1, -0.05) is 6.42 Å². The molecule has 10 heavy (non-hydrogen) atoms. The van der Waals surface area contributed by atoms with Crippen molar-refractivity contribution in [3.63, 3.8) is 0 Å². The molecule has 1 aliphatic heterocycles. The van der Waals surface area contributed by atoms with Gasteiger partial charge in [0, 0.05) is 11.8 Å². The molecule has 0 amide bonds. The third-order valence-corrected chi connectivity index (χ3v) is 3.33. The van der Waals surface area contributed by atoms with Gasteiger partial charge in [0.1, 0.15) is 0 Å². The van der Waals surface area contributed by atoms with Gasteiger partial charge >= 0.3 is 0 Å². The van der Waals surface area contributed by atoms with E-state index in [0.29, 0.717) is 0 Å². The van der Waals surface area contributed by atoms with E-state index in [-0.39, 0.29) is 22.1 Å². The maximum Gasteiger partial charge on any atom is 0.200 e. The van der Waals surface area contributed by atoms with Gasteiger partial charge in [-0.25, -0.2) is 0 Å². The molecular weight excluding hydrogens is 148 g/mol. The summed E-state index contributed by atoms with van der Waals surface area (Å²) in [5.74, 6) is 0.190. The number of fused-ring (bicyclic) bond motifs is 1. The third-order valence-electron chi connectivity index (χ3n) is 2.32. The number of carbonyl (C=O) groups excluding carboxylic acids is 2. The van der Waals surface area contributed by atoms with Gasteiger partial charge in [-0.3, -0.25) is 9.59 Å². The number of hydrogen-bond donors (Lipinski definition) is 0. The van der Waals surface area contributed by atoms with Crippen molar-refractivity contribution < 1.29 is 9.59 Å². The summed E-state index contributed by atoms with van der Waals surface area (Å²) in [6.07, 6.45) is 2.96. The predicted octanol–water partition coefficient (Wildman–Crippen LogP) is 1.20. The fourth-order valence-electron chi connectivity index (χ4n) is 1.77. The van der Waals surface area contributed by atoms with Crippen LogP contribution in [0.3, 0.4) is 0 Å². The van der Waals surface area contributed by atoms with Crippen molar-refractivity contribution in [2.24, 2.45) is 11.8 Å². The van der Waals surface area contributed by atoms with E-state index < -0.39 is 0 Å². The lowest BCUT2D eigenvalue weighted by Crippen LogP contribution is -2.09. The molecule has 1 saturated heterocycles. The molecule has 2 fully saturated rings. The Labute approximate surface area is 63.4 Å². The first kappa shape index (κ1) is 6.40. The zero-order chi connectivity index (χ0) is 7.14. The topological polar surface area (TPSA) is 34.1 Å². The molecule has 0 aromatic rings. The maximum absolute atomic E-state index is 11.0. The fraction of sp³-hybridized carbons (Fsp3) is 0.714. The normalized spacial score (nSPS) is 38.8. The van der Waals surface area contributed by atoms with Crippen molar-refractivity contribution >= 4 is 22.0 Å². The standard InChI is InChI=1S/C7H8O2S/c8-6-4-2-1-3-5(4)7(9)10-6/h4-5H,1-3H2. The van der Waals surface area contributed by atoms with E-state index in [1.54, 1.807) is 0 Å². The lowest BCUT2D eigenvalue weighted by Gasteiger charge is -2.00. The maximum atomic E-state index is 11.0. The Bertz CT molecular complexity index is 180. The molecule has 0 N–H and O–H groups in total. The van der Waals surface area contributed by atoms with Gasteiger partial charge in [0.15, 0.2) is 10.2 Å². The van der Waals surface area contributed by atoms with E-state index >= 15 is 0 Å². The summed E-state index contributed by atoms with van der Waals surface area (Å²) in [5.41, 5.74) is 0. The van der Waals surface area contributed by atoms with Crippen LogP contribution in [0.25, 0.3) is 0 Å². The fourth-order valence-corrected chi connectivity index (χ4v) is 2.84. The summed E-state index contributed by atoms with van der Waals surface area (Å²) in [7, 11) is 0. The van der Waals surface area contributed by atoms with Crippen LogP contribution >= 0.6 is 11.8 Å². The van der Waals surface area contributed by atoms with Crippen molar-refractivity contribution in [2.75, 3.05) is 0 Å². The molecule has 0 aromatic heterocycles. The first-order chi connectivity index (χ1) is 4.79. The minimum Gasteiger partial charge on any atom is -0.286 e. The van der Waals surface area contributed by atoms with Gasteiger partial charge in [0.05, 0.1) is 0 Å². The van der Waals surface area contributed by atoms with Crippen LogP contribution in [0.15, 0.2) is 0 Å². The summed E-state index contributed by atoms with van der Waals surface area (Å²) in [4.78, 5) is 22.0. The van der Waals surface area contributed by atoms with Crippen molar-refractivity contribution in [3.05, 3.63) is 0 Å². The quantitative estimate of drug-likeness (QED) is 0.528. The van der Waals surface area contributed by atoms with Crippen LogP contribution in [0.4, 0.5) is 0 Å². The molecule has 0 aromatic carbocycles. The smallest absolute Gasteiger partial charge is 0.200 e. The Balaban J connectivity index is 2.27. The van der Waals surface area contributed by atoms with E-state index in [1.165, 1.54) is 0 Å². The lowest BCUT2D eigenvalue weighted by molar-refractivity contribution is -0.118. The molecule has 3 heteroatoms. The second-order valence-electron chi connectivity index (χ2n) is 2.88. The molecule has 0 bridgehead atoms. The Kier molecular flexibility index (Phi) is 1.34. The second-order valence-corrected chi connectivity index (χ2v) is 3.89. The molecule has 1 heterocycles. The zero-order valence-electron chi connectivity index (χ0n) is 5.50. The molecule has 1 aliphatic carbocycles. The van der Waals surface area contributed by atoms with Gasteiger partial charge in [-0.05, 0) is 24.6 Å². The summed E-state index contributed by atoms with van der Waals surface area (Å²) >= 11 is 0.935. The number of hydrogen-bond acceptors (Lipinski definition) is 3. The number of thioether (sulfide) groups is 1. The van der Waals surface area contributed by atoms with E-state index in [1.807, 2.05) is 0 Å². The largest absolute Gasteiger partial charge is 0.286 e. The van der Waals surface area contributed by atoms with Gasteiger partial charge in [-0.15, -0.1) is 0 Å². The van der Waals surface area contributed by atoms with Crippen LogP contribution in [-0.2, 0) is 9.59 Å². The van der Waals surface area contributed by atoms with E-state index in [4.69, 9.17) is 0 Å². The Morgan fingerprint density at radius 1 is 1.10 bits per heavy atom. The highest BCUT2D eigenvalue weighted by Crippen LogP contribution is 2.43. The Morgan fingerprint density at radius 3 is 2.10 bits per heavy atom. The van der Waals surface area contributed by atoms with Crippen LogP contribution in [0, 0.1) is 11.8 Å². The van der Waals surface area contributed by atoms with E-state index in [0.717, 1.165) is 31.0 Å². The highest BCUT2D eigenvalue weighted by molar-refractivity contribution is 8.26. The van der Waals surface area contributed by atoms with Gasteiger partial charge in [0.2, 0.25) is 0 Å². The highest BCUT2D eigenvalue weighted by atomic mass is 32.2. The SMILES string of the molecule is O=C1SC(=O)C2CCCC12. The number of carbonyl (C=O) groups is 2. The summed E-state index contributed by atoms with van der Waals surface area (Å²) in [5, 5.41) is 0.236. The molecule has 2 aliphatic rings. The second kappa shape index (κ2) is 2.09. The van der Waals surface area contributed by atoms with Gasteiger partial charge in [0.25, 0.3) is 0 Å². The Hall–Kier alpha value is -0.310. The van der Waals surface area contributed by atoms with E-state index in [9.17, 15) is 9.59 Å². The average Bonchev–Trinajstić information content (AvgIpc) is 2.39. The third kappa shape index (κ3) is 0.732. The zero-order valence-corrected chi connectivity index (χ0v) is 6.32. The molecule has 0 radical (unpaired) electrons. The van der Waals surface area contributed by atoms with E-state index in [2.05, 4.69) is 0 Å². The van der Waals surface area contributed by atoms with Crippen LogP contribution in [0.1, 0.15) is 19.3 Å². The summed E-state index contributed by atoms with van der Waals surface area (Å²) in [6, 6.07) is 0. The molecule has 2 nitrogen and oxygen atoms in total. The van der Waals surface area contributed by atoms with Crippen LogP contribution < -0.4 is 0 Å².